The number of ether oxygens (including phenoxy) is 1. The number of piperidine rings is 1. The van der Waals surface area contributed by atoms with Gasteiger partial charge in [0, 0.05) is 25.8 Å². The van der Waals surface area contributed by atoms with E-state index in [1.807, 2.05) is 0 Å². The van der Waals surface area contributed by atoms with E-state index >= 15 is 0 Å². The monoisotopic (exact) mass is 269 g/mol. The average molecular weight is 269 g/mol. The number of benzene rings is 1. The standard InChI is InChI=1S/C13H17F2N3O/c1-19-9-3-2-4-18(7-9)12-10(14)5-8(13(16)17)6-11(12)15/h5-6,9H,2-4,7H2,1H3,(H3,16,17). The van der Waals surface area contributed by atoms with E-state index in [0.717, 1.165) is 25.0 Å². The molecule has 1 aliphatic heterocycles. The normalized spacial score (nSPS) is 19.5. The molecule has 0 aliphatic carbocycles. The van der Waals surface area contributed by atoms with Gasteiger partial charge in [-0.05, 0) is 25.0 Å². The molecule has 0 radical (unpaired) electrons. The van der Waals surface area contributed by atoms with Crippen LogP contribution in [-0.4, -0.2) is 32.1 Å². The van der Waals surface area contributed by atoms with Gasteiger partial charge in [-0.1, -0.05) is 0 Å². The molecule has 2 rings (SSSR count). The van der Waals surface area contributed by atoms with E-state index in [1.54, 1.807) is 12.0 Å². The van der Waals surface area contributed by atoms with Gasteiger partial charge in [-0.15, -0.1) is 0 Å². The van der Waals surface area contributed by atoms with Crippen LogP contribution in [0.1, 0.15) is 18.4 Å². The van der Waals surface area contributed by atoms with Crippen molar-refractivity contribution in [2.45, 2.75) is 18.9 Å². The maximum absolute atomic E-state index is 14.0. The largest absolute Gasteiger partial charge is 0.384 e. The molecule has 1 aromatic rings. The van der Waals surface area contributed by atoms with Crippen LogP contribution >= 0.6 is 0 Å². The van der Waals surface area contributed by atoms with Crippen molar-refractivity contribution >= 4 is 11.5 Å². The number of nitrogens with zero attached hydrogens (tertiary/aromatic N) is 1. The molecule has 6 heteroatoms. The number of nitrogen functional groups attached to an aromatic ring is 1. The van der Waals surface area contributed by atoms with E-state index in [2.05, 4.69) is 0 Å². The fourth-order valence-electron chi connectivity index (χ4n) is 2.36. The minimum atomic E-state index is -0.693. The van der Waals surface area contributed by atoms with E-state index in [9.17, 15) is 8.78 Å². The summed E-state index contributed by atoms with van der Waals surface area (Å²) in [5, 5.41) is 7.22. The number of amidine groups is 1. The van der Waals surface area contributed by atoms with Crippen LogP contribution in [0.4, 0.5) is 14.5 Å². The SMILES string of the molecule is COC1CCCN(c2c(F)cc(C(=N)N)cc2F)C1. The van der Waals surface area contributed by atoms with Crippen molar-refractivity contribution in [3.63, 3.8) is 0 Å². The molecule has 104 valence electrons. The molecule has 1 fully saturated rings. The van der Waals surface area contributed by atoms with Crippen molar-refractivity contribution < 1.29 is 13.5 Å². The molecular weight excluding hydrogens is 252 g/mol. The second-order valence-corrected chi connectivity index (χ2v) is 4.65. The number of nitrogens with two attached hydrogens (primary N) is 1. The summed E-state index contributed by atoms with van der Waals surface area (Å²) < 4.78 is 33.3. The van der Waals surface area contributed by atoms with E-state index in [4.69, 9.17) is 15.9 Å². The lowest BCUT2D eigenvalue weighted by atomic mass is 10.1. The van der Waals surface area contributed by atoms with E-state index in [1.165, 1.54) is 0 Å². The van der Waals surface area contributed by atoms with Gasteiger partial charge < -0.3 is 15.4 Å². The van der Waals surface area contributed by atoms with Crippen LogP contribution in [-0.2, 0) is 4.74 Å². The molecule has 1 atom stereocenters. The first kappa shape index (κ1) is 13.7. The third kappa shape index (κ3) is 2.84. The molecule has 1 aliphatic rings. The van der Waals surface area contributed by atoms with Crippen LogP contribution in [0.2, 0.25) is 0 Å². The number of anilines is 1. The Bertz CT molecular complexity index is 470. The average Bonchev–Trinajstić information content (AvgIpc) is 2.38. The smallest absolute Gasteiger partial charge is 0.150 e. The number of rotatable bonds is 3. The van der Waals surface area contributed by atoms with Gasteiger partial charge >= 0.3 is 0 Å². The fraction of sp³-hybridized carbons (Fsp3) is 0.462. The summed E-state index contributed by atoms with van der Waals surface area (Å²) in [5.41, 5.74) is 5.23. The van der Waals surface area contributed by atoms with Crippen molar-refractivity contribution in [3.8, 4) is 0 Å². The van der Waals surface area contributed by atoms with Crippen molar-refractivity contribution in [1.82, 2.24) is 0 Å². The van der Waals surface area contributed by atoms with Gasteiger partial charge in [-0.2, -0.15) is 0 Å². The summed E-state index contributed by atoms with van der Waals surface area (Å²) in [5.74, 6) is -1.73. The summed E-state index contributed by atoms with van der Waals surface area (Å²) in [6, 6.07) is 2.19. The number of halogens is 2. The minimum absolute atomic E-state index is 0.0139. The van der Waals surface area contributed by atoms with Gasteiger partial charge in [0.15, 0.2) is 0 Å². The number of methoxy groups -OCH3 is 1. The summed E-state index contributed by atoms with van der Waals surface area (Å²) in [7, 11) is 1.60. The lowest BCUT2D eigenvalue weighted by Crippen LogP contribution is -2.40. The molecule has 0 saturated carbocycles. The minimum Gasteiger partial charge on any atom is -0.384 e. The molecule has 4 nitrogen and oxygen atoms in total. The van der Waals surface area contributed by atoms with Gasteiger partial charge in [-0.3, -0.25) is 5.41 Å². The van der Waals surface area contributed by atoms with Crippen molar-refractivity contribution in [1.29, 1.82) is 5.41 Å². The summed E-state index contributed by atoms with van der Waals surface area (Å²) >= 11 is 0. The van der Waals surface area contributed by atoms with Crippen LogP contribution in [0.25, 0.3) is 0 Å². The first-order valence-corrected chi connectivity index (χ1v) is 6.14. The Morgan fingerprint density at radius 1 is 1.42 bits per heavy atom. The lowest BCUT2D eigenvalue weighted by molar-refractivity contribution is 0.0890. The predicted molar refractivity (Wildman–Crippen MR) is 69.6 cm³/mol. The molecule has 0 bridgehead atoms. The van der Waals surface area contributed by atoms with Crippen LogP contribution < -0.4 is 10.6 Å². The fourth-order valence-corrected chi connectivity index (χ4v) is 2.36. The zero-order valence-corrected chi connectivity index (χ0v) is 10.7. The van der Waals surface area contributed by atoms with E-state index < -0.39 is 11.6 Å². The number of nitrogens with one attached hydrogen (secondary N) is 1. The molecular formula is C13H17F2N3O. The molecule has 1 unspecified atom stereocenters. The zero-order valence-electron chi connectivity index (χ0n) is 10.7. The highest BCUT2D eigenvalue weighted by atomic mass is 19.1. The third-order valence-corrected chi connectivity index (χ3v) is 3.36. The van der Waals surface area contributed by atoms with E-state index in [-0.39, 0.29) is 23.2 Å². The Balaban J connectivity index is 2.31. The van der Waals surface area contributed by atoms with Gasteiger partial charge in [-0.25, -0.2) is 8.78 Å². The van der Waals surface area contributed by atoms with Crippen LogP contribution in [0.5, 0.6) is 0 Å². The third-order valence-electron chi connectivity index (χ3n) is 3.36. The van der Waals surface area contributed by atoms with Crippen LogP contribution in [0, 0.1) is 17.0 Å². The van der Waals surface area contributed by atoms with Crippen LogP contribution in [0.3, 0.4) is 0 Å². The molecule has 0 spiro atoms. The summed E-state index contributed by atoms with van der Waals surface area (Å²) in [4.78, 5) is 1.65. The van der Waals surface area contributed by atoms with Gasteiger partial charge in [0.1, 0.15) is 23.2 Å². The molecule has 3 N–H and O–H groups in total. The molecule has 0 aromatic heterocycles. The Kier molecular flexibility index (Phi) is 3.99. The summed E-state index contributed by atoms with van der Waals surface area (Å²) in [6.07, 6.45) is 1.70. The van der Waals surface area contributed by atoms with Crippen molar-refractivity contribution in [3.05, 3.63) is 29.3 Å². The summed E-state index contributed by atoms with van der Waals surface area (Å²) in [6.45, 7) is 1.05. The maximum Gasteiger partial charge on any atom is 0.150 e. The highest BCUT2D eigenvalue weighted by Crippen LogP contribution is 2.28. The molecule has 0 amide bonds. The quantitative estimate of drug-likeness (QED) is 0.650. The van der Waals surface area contributed by atoms with Gasteiger partial charge in [0.25, 0.3) is 0 Å². The van der Waals surface area contributed by atoms with Gasteiger partial charge in [0.2, 0.25) is 0 Å². The maximum atomic E-state index is 14.0. The second-order valence-electron chi connectivity index (χ2n) is 4.65. The predicted octanol–water partition coefficient (Wildman–Crippen LogP) is 1.86. The highest BCUT2D eigenvalue weighted by molar-refractivity contribution is 5.95. The topological polar surface area (TPSA) is 62.3 Å². The first-order valence-electron chi connectivity index (χ1n) is 6.14. The van der Waals surface area contributed by atoms with Crippen molar-refractivity contribution in [2.24, 2.45) is 5.73 Å². The lowest BCUT2D eigenvalue weighted by Gasteiger charge is -2.34. The van der Waals surface area contributed by atoms with E-state index in [0.29, 0.717) is 13.1 Å². The molecule has 1 aromatic carbocycles. The highest BCUT2D eigenvalue weighted by Gasteiger charge is 2.25. The first-order chi connectivity index (χ1) is 9.02. The van der Waals surface area contributed by atoms with Crippen LogP contribution in [0.15, 0.2) is 12.1 Å². The number of hydrogen-bond acceptors (Lipinski definition) is 3. The molecule has 19 heavy (non-hydrogen) atoms. The Hall–Kier alpha value is -1.69. The zero-order chi connectivity index (χ0) is 14.0. The number of hydrogen-bond donors (Lipinski definition) is 2. The van der Waals surface area contributed by atoms with Crippen molar-refractivity contribution in [2.75, 3.05) is 25.1 Å². The Labute approximate surface area is 110 Å². The Morgan fingerprint density at radius 2 is 2.05 bits per heavy atom. The Morgan fingerprint density at radius 3 is 2.58 bits per heavy atom. The molecule has 1 saturated heterocycles. The second kappa shape index (κ2) is 5.52. The van der Waals surface area contributed by atoms with Gasteiger partial charge in [0.05, 0.1) is 6.10 Å². The molecule has 1 heterocycles.